The Labute approximate surface area is 208 Å². The van der Waals surface area contributed by atoms with Crippen LogP contribution < -0.4 is 10.6 Å². The number of ether oxygens (including phenoxy) is 2. The molecular formula is C24H30N6O6. The third-order valence-electron chi connectivity index (χ3n) is 4.73. The van der Waals surface area contributed by atoms with E-state index < -0.39 is 34.8 Å². The highest BCUT2D eigenvalue weighted by Crippen LogP contribution is 2.16. The summed E-state index contributed by atoms with van der Waals surface area (Å²) in [7, 11) is 0. The van der Waals surface area contributed by atoms with Gasteiger partial charge in [0, 0.05) is 24.8 Å². The van der Waals surface area contributed by atoms with Gasteiger partial charge in [0.1, 0.15) is 13.2 Å². The molecule has 12 nitrogen and oxygen atoms in total. The van der Waals surface area contributed by atoms with Gasteiger partial charge < -0.3 is 20.1 Å². The maximum absolute atomic E-state index is 12.5. The Hall–Kier alpha value is -4.22. The van der Waals surface area contributed by atoms with E-state index >= 15 is 0 Å². The first-order valence-electron chi connectivity index (χ1n) is 11.2. The van der Waals surface area contributed by atoms with E-state index in [1.165, 1.54) is 49.1 Å². The van der Waals surface area contributed by atoms with Crippen molar-refractivity contribution in [1.82, 2.24) is 20.6 Å². The third-order valence-corrected chi connectivity index (χ3v) is 4.73. The summed E-state index contributed by atoms with van der Waals surface area (Å²) >= 11 is 0. The fourth-order valence-corrected chi connectivity index (χ4v) is 2.53. The Kier molecular flexibility index (Phi) is 10.1. The predicted octanol–water partition coefficient (Wildman–Crippen LogP) is 1.73. The first-order valence-corrected chi connectivity index (χ1v) is 11.2. The van der Waals surface area contributed by atoms with Gasteiger partial charge >= 0.3 is 11.9 Å². The molecule has 0 aliphatic heterocycles. The molecule has 0 fully saturated rings. The van der Waals surface area contributed by atoms with E-state index in [-0.39, 0.29) is 26.3 Å². The van der Waals surface area contributed by atoms with Crippen LogP contribution in [0.5, 0.6) is 0 Å². The van der Waals surface area contributed by atoms with Gasteiger partial charge in [0.2, 0.25) is 11.8 Å². The van der Waals surface area contributed by atoms with Crippen molar-refractivity contribution in [3.8, 4) is 0 Å². The molecule has 0 aromatic carbocycles. The maximum Gasteiger partial charge on any atom is 0.338 e. The summed E-state index contributed by atoms with van der Waals surface area (Å²) < 4.78 is 10.2. The summed E-state index contributed by atoms with van der Waals surface area (Å²) in [5.74, 6) is -1.95. The molecule has 0 saturated heterocycles. The molecule has 0 spiro atoms. The molecule has 12 heteroatoms. The lowest BCUT2D eigenvalue weighted by Crippen LogP contribution is -2.44. The van der Waals surface area contributed by atoms with Crippen LogP contribution in [-0.2, 0) is 19.1 Å². The lowest BCUT2D eigenvalue weighted by molar-refractivity contribution is -0.127. The summed E-state index contributed by atoms with van der Waals surface area (Å²) in [4.78, 5) is 56.4. The molecule has 2 rings (SSSR count). The lowest BCUT2D eigenvalue weighted by atomic mass is 10.0. The zero-order chi connectivity index (χ0) is 26.6. The number of nitrogens with zero attached hydrogens (tertiary/aromatic N) is 4. The maximum atomic E-state index is 12.5. The van der Waals surface area contributed by atoms with Gasteiger partial charge in [-0.3, -0.25) is 19.6 Å². The minimum atomic E-state index is -1.27. The zero-order valence-electron chi connectivity index (χ0n) is 20.7. The molecule has 0 bridgehead atoms. The van der Waals surface area contributed by atoms with Gasteiger partial charge in [-0.05, 0) is 52.0 Å². The van der Waals surface area contributed by atoms with Crippen LogP contribution in [0.2, 0.25) is 0 Å². The Morgan fingerprint density at radius 2 is 1.03 bits per heavy atom. The minimum absolute atomic E-state index is 0.0280. The smallest absolute Gasteiger partial charge is 0.338 e. The van der Waals surface area contributed by atoms with Gasteiger partial charge in [-0.1, -0.05) is 0 Å². The monoisotopic (exact) mass is 498 g/mol. The third kappa shape index (κ3) is 8.85. The topological polar surface area (TPSA) is 161 Å². The second kappa shape index (κ2) is 13.0. The first kappa shape index (κ1) is 28.0. The largest absolute Gasteiger partial charge is 0.460 e. The van der Waals surface area contributed by atoms with Gasteiger partial charge in [0.05, 0.1) is 24.2 Å². The van der Waals surface area contributed by atoms with E-state index in [1.54, 1.807) is 27.7 Å². The minimum Gasteiger partial charge on any atom is -0.460 e. The average molecular weight is 499 g/mol. The Balaban J connectivity index is 1.74. The molecule has 36 heavy (non-hydrogen) atoms. The number of rotatable bonds is 12. The molecule has 0 aliphatic carbocycles. The van der Waals surface area contributed by atoms with Crippen molar-refractivity contribution in [3.05, 3.63) is 60.2 Å². The molecule has 0 saturated carbocycles. The van der Waals surface area contributed by atoms with Crippen molar-refractivity contribution in [1.29, 1.82) is 0 Å². The highest BCUT2D eigenvalue weighted by molar-refractivity contribution is 5.90. The molecule has 0 radical (unpaired) electrons. The summed E-state index contributed by atoms with van der Waals surface area (Å²) in [5, 5.41) is 13.4. The Morgan fingerprint density at radius 1 is 0.694 bits per heavy atom. The molecule has 2 N–H and O–H groups in total. The summed E-state index contributed by atoms with van der Waals surface area (Å²) in [6.07, 6.45) is 5.91. The number of pyridine rings is 2. The molecule has 2 amide bonds. The van der Waals surface area contributed by atoms with Crippen LogP contribution in [0, 0.1) is 0 Å². The summed E-state index contributed by atoms with van der Waals surface area (Å²) in [6.45, 7) is 6.28. The van der Waals surface area contributed by atoms with Crippen LogP contribution in [0.25, 0.3) is 0 Å². The van der Waals surface area contributed by atoms with Gasteiger partial charge in [-0.2, -0.15) is 10.2 Å². The normalized spacial score (nSPS) is 11.6. The first-order chi connectivity index (χ1) is 17.0. The molecule has 0 atom stereocenters. The SMILES string of the molecule is CC(C)(/N=N/C(C)(C)C(=O)NCCOC(=O)c1ccncc1)C(=O)NCCOC(=O)c1ccncc1. The summed E-state index contributed by atoms with van der Waals surface area (Å²) in [6, 6.07) is 6.10. The van der Waals surface area contributed by atoms with Gasteiger partial charge in [-0.25, -0.2) is 9.59 Å². The van der Waals surface area contributed by atoms with Crippen molar-refractivity contribution < 1.29 is 28.7 Å². The highest BCUT2D eigenvalue weighted by Gasteiger charge is 2.32. The van der Waals surface area contributed by atoms with Crippen LogP contribution in [-0.4, -0.2) is 71.1 Å². The van der Waals surface area contributed by atoms with Gasteiger partial charge in [-0.15, -0.1) is 0 Å². The van der Waals surface area contributed by atoms with Crippen LogP contribution in [0.3, 0.4) is 0 Å². The van der Waals surface area contributed by atoms with E-state index in [0.29, 0.717) is 11.1 Å². The molecule has 2 aromatic heterocycles. The quantitative estimate of drug-likeness (QED) is 0.254. The molecule has 2 aromatic rings. The van der Waals surface area contributed by atoms with Gasteiger partial charge in [0.25, 0.3) is 0 Å². The highest BCUT2D eigenvalue weighted by atomic mass is 16.5. The number of aromatic nitrogens is 2. The van der Waals surface area contributed by atoms with Crippen molar-refractivity contribution in [2.24, 2.45) is 10.2 Å². The van der Waals surface area contributed by atoms with Crippen molar-refractivity contribution in [2.75, 3.05) is 26.3 Å². The van der Waals surface area contributed by atoms with E-state index in [4.69, 9.17) is 9.47 Å². The van der Waals surface area contributed by atoms with Gasteiger partial charge in [0.15, 0.2) is 11.1 Å². The van der Waals surface area contributed by atoms with E-state index in [9.17, 15) is 19.2 Å². The predicted molar refractivity (Wildman–Crippen MR) is 128 cm³/mol. The van der Waals surface area contributed by atoms with Crippen molar-refractivity contribution in [3.63, 3.8) is 0 Å². The number of azo groups is 1. The number of esters is 2. The van der Waals surface area contributed by atoms with Crippen LogP contribution in [0.4, 0.5) is 0 Å². The zero-order valence-corrected chi connectivity index (χ0v) is 20.7. The number of nitrogens with one attached hydrogen (secondary N) is 2. The van der Waals surface area contributed by atoms with E-state index in [0.717, 1.165) is 0 Å². The Bertz CT molecular complexity index is 988. The molecular weight excluding hydrogens is 468 g/mol. The average Bonchev–Trinajstić information content (AvgIpc) is 2.88. The molecule has 192 valence electrons. The fourth-order valence-electron chi connectivity index (χ4n) is 2.53. The Morgan fingerprint density at radius 3 is 1.36 bits per heavy atom. The van der Waals surface area contributed by atoms with E-state index in [1.807, 2.05) is 0 Å². The lowest BCUT2D eigenvalue weighted by Gasteiger charge is -2.22. The van der Waals surface area contributed by atoms with E-state index in [2.05, 4.69) is 30.8 Å². The number of hydrogen-bond donors (Lipinski definition) is 2. The fraction of sp³-hybridized carbons (Fsp3) is 0.417. The number of carbonyl (C=O) groups excluding carboxylic acids is 4. The summed E-state index contributed by atoms with van der Waals surface area (Å²) in [5.41, 5.74) is -1.82. The standard InChI is InChI=1S/C24H30N6O6/c1-23(2,21(33)27-13-15-35-19(31)17-5-9-25-10-6-17)29-30-24(3,4)22(34)28-14-16-36-20(32)18-7-11-26-12-8-18/h5-12H,13-16H2,1-4H3,(H,27,33)(H,28,34)/b30-29+. The van der Waals surface area contributed by atoms with Crippen LogP contribution >= 0.6 is 0 Å². The number of amides is 2. The van der Waals surface area contributed by atoms with Crippen LogP contribution in [0.15, 0.2) is 59.3 Å². The van der Waals surface area contributed by atoms with Crippen LogP contribution in [0.1, 0.15) is 48.4 Å². The molecule has 0 aliphatic rings. The number of hydrogen-bond acceptors (Lipinski definition) is 10. The molecule has 0 unspecified atom stereocenters. The van der Waals surface area contributed by atoms with Crippen molar-refractivity contribution in [2.45, 2.75) is 38.8 Å². The second-order valence-corrected chi connectivity index (χ2v) is 8.57. The molecule has 2 heterocycles. The number of carbonyl (C=O) groups is 4. The second-order valence-electron chi connectivity index (χ2n) is 8.57. The van der Waals surface area contributed by atoms with Crippen molar-refractivity contribution >= 4 is 23.8 Å².